The second kappa shape index (κ2) is 17.0. The van der Waals surface area contributed by atoms with Gasteiger partial charge in [-0.1, -0.05) is 33.8 Å². The van der Waals surface area contributed by atoms with E-state index >= 15 is 0 Å². The predicted molar refractivity (Wildman–Crippen MR) is 207 cm³/mol. The first-order chi connectivity index (χ1) is 25.2. The molecule has 0 radical (unpaired) electrons. The minimum absolute atomic E-state index is 0.0100. The Kier molecular flexibility index (Phi) is 13.1. The van der Waals surface area contributed by atoms with Crippen molar-refractivity contribution in [2.45, 2.75) is 98.4 Å². The zero-order chi connectivity index (χ0) is 40.1. The number of hydrogen-bond donors (Lipinski definition) is 4. The zero-order valence-electron chi connectivity index (χ0n) is 32.4. The molecule has 15 heteroatoms. The Morgan fingerprint density at radius 3 is 2.39 bits per heavy atom. The van der Waals surface area contributed by atoms with E-state index in [1.807, 2.05) is 41.5 Å². The number of ether oxygens (including phenoxy) is 2. The summed E-state index contributed by atoms with van der Waals surface area (Å²) >= 11 is 1.24. The average Bonchev–Trinajstić information content (AvgIpc) is 3.72. The number of benzene rings is 1. The predicted octanol–water partition coefficient (Wildman–Crippen LogP) is 5.42. The van der Waals surface area contributed by atoms with E-state index in [0.29, 0.717) is 38.9 Å². The number of pyridine rings is 1. The van der Waals surface area contributed by atoms with Gasteiger partial charge in [0.15, 0.2) is 5.13 Å². The summed E-state index contributed by atoms with van der Waals surface area (Å²) < 4.78 is 12.1. The van der Waals surface area contributed by atoms with Gasteiger partial charge < -0.3 is 35.4 Å². The molecule has 14 nitrogen and oxygen atoms in total. The Labute approximate surface area is 320 Å². The van der Waals surface area contributed by atoms with Crippen LogP contribution in [0.4, 0.5) is 5.13 Å². The van der Waals surface area contributed by atoms with Crippen LogP contribution in [0.3, 0.4) is 0 Å². The van der Waals surface area contributed by atoms with Crippen molar-refractivity contribution in [3.05, 3.63) is 42.3 Å². The highest BCUT2D eigenvalue weighted by Gasteiger charge is 2.46. The summed E-state index contributed by atoms with van der Waals surface area (Å²) in [6.07, 6.45) is 0.945. The summed E-state index contributed by atoms with van der Waals surface area (Å²) in [5.74, 6) is -2.86. The van der Waals surface area contributed by atoms with Gasteiger partial charge in [-0.25, -0.2) is 14.8 Å². The summed E-state index contributed by atoms with van der Waals surface area (Å²) in [5, 5.41) is 21.0. The second-order valence-electron chi connectivity index (χ2n) is 15.9. The number of aliphatic carboxylic acids is 1. The number of anilines is 1. The molecule has 5 atom stereocenters. The van der Waals surface area contributed by atoms with Crippen LogP contribution in [0.2, 0.25) is 0 Å². The summed E-state index contributed by atoms with van der Waals surface area (Å²) in [6, 6.07) is 4.72. The molecule has 1 fully saturated rings. The lowest BCUT2D eigenvalue weighted by atomic mass is 9.77. The van der Waals surface area contributed by atoms with Crippen LogP contribution in [0, 0.1) is 17.3 Å². The van der Waals surface area contributed by atoms with E-state index in [1.165, 1.54) is 23.2 Å². The number of carboxylic acids is 1. The number of methoxy groups -OCH3 is 1. The van der Waals surface area contributed by atoms with E-state index < -0.39 is 52.8 Å². The third-order valence-corrected chi connectivity index (χ3v) is 9.80. The molecule has 4 N–H and O–H groups in total. The minimum Gasteiger partial charge on any atom is -0.497 e. The molecular weight excluding hydrogens is 713 g/mol. The van der Waals surface area contributed by atoms with Crippen LogP contribution in [0.15, 0.2) is 42.3 Å². The Hall–Kier alpha value is -5.05. The highest BCUT2D eigenvalue weighted by molar-refractivity contribution is 7.14. The van der Waals surface area contributed by atoms with Crippen LogP contribution in [-0.4, -0.2) is 87.0 Å². The maximum absolute atomic E-state index is 14.6. The van der Waals surface area contributed by atoms with Gasteiger partial charge in [-0.05, 0) is 50.7 Å². The van der Waals surface area contributed by atoms with Gasteiger partial charge in [-0.2, -0.15) is 0 Å². The number of amides is 4. The first-order valence-electron chi connectivity index (χ1n) is 17.8. The zero-order valence-corrected chi connectivity index (χ0v) is 33.3. The van der Waals surface area contributed by atoms with Crippen molar-refractivity contribution in [3.8, 4) is 22.9 Å². The van der Waals surface area contributed by atoms with Crippen molar-refractivity contribution in [2.24, 2.45) is 17.3 Å². The molecule has 3 aromatic rings. The Morgan fingerprint density at radius 1 is 1.09 bits per heavy atom. The third kappa shape index (κ3) is 10.8. The van der Waals surface area contributed by atoms with Crippen LogP contribution in [0.25, 0.3) is 22.3 Å². The molecule has 1 aromatic carbocycles. The molecule has 2 aromatic heterocycles. The lowest BCUT2D eigenvalue weighted by Crippen LogP contribution is -2.53. The molecule has 0 aliphatic carbocycles. The molecule has 4 rings (SSSR count). The number of likely N-dealkylation sites (tertiary alicyclic amines) is 1. The van der Waals surface area contributed by atoms with Crippen molar-refractivity contribution >= 4 is 57.0 Å². The normalized spacial score (nSPS) is 17.6. The number of carboxylic acid groups (broad SMARTS) is 1. The van der Waals surface area contributed by atoms with Crippen LogP contribution >= 0.6 is 11.3 Å². The molecule has 0 unspecified atom stereocenters. The molecule has 292 valence electrons. The van der Waals surface area contributed by atoms with Gasteiger partial charge in [0.25, 0.3) is 0 Å². The number of nitrogens with one attached hydrogen (secondary N) is 3. The fourth-order valence-corrected chi connectivity index (χ4v) is 7.01. The largest absolute Gasteiger partial charge is 0.497 e. The molecule has 0 saturated carbocycles. The summed E-state index contributed by atoms with van der Waals surface area (Å²) in [4.78, 5) is 76.4. The third-order valence-electron chi connectivity index (χ3n) is 9.04. The van der Waals surface area contributed by atoms with E-state index in [4.69, 9.17) is 14.5 Å². The number of rotatable bonds is 14. The standard InChI is InChI=1S/C39H52N6O8S/c1-11-21(2)14-29(36(50)51)42-34(48)31-16-24(19-45(31)35(49)26(38(4,5)6)17-33(47)44-39(7,8)9)53-32-18-28(30-20-54-37(43-30)40-22(3)46)41-27-15-23(52-10)12-13-25(27)32/h11-13,15,18,20-21,24,26,29,31H,1,14,16-17,19H2,2-10H3,(H,42,48)(H,44,47)(H,50,51)(H,40,43,46)/t21-,24-,26-,29-,31+/m1/s1. The highest BCUT2D eigenvalue weighted by atomic mass is 32.1. The number of thiazole rings is 1. The SMILES string of the molecule is C=C[C@@H](C)C[C@@H](NC(=O)[C@@H]1C[C@@H](Oc2cc(-c3csc(NC(C)=O)n3)nc3cc(OC)ccc23)CN1C(=O)[C@@H](CC(=O)NC(C)(C)C)C(C)(C)C)C(=O)O. The van der Waals surface area contributed by atoms with E-state index in [2.05, 4.69) is 27.5 Å². The maximum atomic E-state index is 14.6. The van der Waals surface area contributed by atoms with Gasteiger partial charge in [-0.3, -0.25) is 19.2 Å². The summed E-state index contributed by atoms with van der Waals surface area (Å²) in [5.41, 5.74) is 0.292. The van der Waals surface area contributed by atoms with E-state index in [-0.39, 0.29) is 43.5 Å². The molecule has 54 heavy (non-hydrogen) atoms. The molecule has 1 aliphatic rings. The Morgan fingerprint density at radius 2 is 1.80 bits per heavy atom. The molecule has 4 amide bonds. The van der Waals surface area contributed by atoms with Gasteiger partial charge in [0.1, 0.15) is 35.4 Å². The first kappa shape index (κ1) is 41.7. The Balaban J connectivity index is 1.74. The number of aromatic nitrogens is 2. The van der Waals surface area contributed by atoms with Crippen LogP contribution in [0.1, 0.15) is 74.7 Å². The smallest absolute Gasteiger partial charge is 0.326 e. The number of hydrogen-bond acceptors (Lipinski definition) is 10. The topological polar surface area (TPSA) is 189 Å². The van der Waals surface area contributed by atoms with E-state index in [1.54, 1.807) is 49.8 Å². The fourth-order valence-electron chi connectivity index (χ4n) is 6.26. The van der Waals surface area contributed by atoms with Crippen molar-refractivity contribution in [3.63, 3.8) is 0 Å². The highest BCUT2D eigenvalue weighted by Crippen LogP contribution is 2.37. The number of carbonyl (C=O) groups excluding carboxylic acids is 4. The van der Waals surface area contributed by atoms with E-state index in [0.717, 1.165) is 0 Å². The quantitative estimate of drug-likeness (QED) is 0.154. The van der Waals surface area contributed by atoms with E-state index in [9.17, 15) is 29.1 Å². The number of fused-ring (bicyclic) bond motifs is 1. The lowest BCUT2D eigenvalue weighted by Gasteiger charge is -2.35. The fraction of sp³-hybridized carbons (Fsp3) is 0.513. The summed E-state index contributed by atoms with van der Waals surface area (Å²) in [6.45, 7) is 18.1. The van der Waals surface area contributed by atoms with Gasteiger partial charge >= 0.3 is 5.97 Å². The summed E-state index contributed by atoms with van der Waals surface area (Å²) in [7, 11) is 1.54. The number of allylic oxidation sites excluding steroid dienone is 1. The second-order valence-corrected chi connectivity index (χ2v) is 16.7. The monoisotopic (exact) mass is 764 g/mol. The van der Waals surface area contributed by atoms with Crippen LogP contribution < -0.4 is 25.4 Å². The average molecular weight is 765 g/mol. The van der Waals surface area contributed by atoms with Crippen LogP contribution in [-0.2, 0) is 24.0 Å². The van der Waals surface area contributed by atoms with Crippen molar-refractivity contribution in [1.82, 2.24) is 25.5 Å². The molecule has 0 bridgehead atoms. The molecular formula is C39H52N6O8S. The number of carbonyl (C=O) groups is 5. The number of nitrogens with zero attached hydrogens (tertiary/aromatic N) is 3. The molecule has 0 spiro atoms. The van der Waals surface area contributed by atoms with Crippen molar-refractivity contribution < 1.29 is 38.6 Å². The van der Waals surface area contributed by atoms with Gasteiger partial charge in [0, 0.05) is 48.2 Å². The van der Waals surface area contributed by atoms with Crippen LogP contribution in [0.5, 0.6) is 11.5 Å². The van der Waals surface area contributed by atoms with Crippen molar-refractivity contribution in [1.29, 1.82) is 0 Å². The van der Waals surface area contributed by atoms with Gasteiger partial charge in [-0.15, -0.1) is 17.9 Å². The Bertz CT molecular complexity index is 1900. The first-order valence-corrected chi connectivity index (χ1v) is 18.7. The lowest BCUT2D eigenvalue weighted by molar-refractivity contribution is -0.148. The molecule has 1 aliphatic heterocycles. The molecule has 3 heterocycles. The van der Waals surface area contributed by atoms with Gasteiger partial charge in [0.2, 0.25) is 23.6 Å². The maximum Gasteiger partial charge on any atom is 0.326 e. The minimum atomic E-state index is -1.22. The van der Waals surface area contributed by atoms with Crippen molar-refractivity contribution in [2.75, 3.05) is 19.0 Å². The van der Waals surface area contributed by atoms with Gasteiger partial charge in [0.05, 0.1) is 30.8 Å². The molecule has 1 saturated heterocycles.